The summed E-state index contributed by atoms with van der Waals surface area (Å²) < 4.78 is 23.7. The number of morpholine rings is 1. The minimum Gasteiger partial charge on any atom is -0.493 e. The van der Waals surface area contributed by atoms with Crippen LogP contribution < -0.4 is 4.74 Å². The van der Waals surface area contributed by atoms with Crippen molar-refractivity contribution in [2.75, 3.05) is 19.7 Å². The van der Waals surface area contributed by atoms with Gasteiger partial charge in [-0.3, -0.25) is 4.79 Å². The molecule has 110 valence electrons. The second kappa shape index (κ2) is 6.70. The lowest BCUT2D eigenvalue weighted by atomic mass is 10.2. The highest BCUT2D eigenvalue weighted by Crippen LogP contribution is 2.13. The number of halogens is 1. The van der Waals surface area contributed by atoms with Crippen LogP contribution in [-0.2, 0) is 9.53 Å². The molecular formula is C15H20FNO3. The predicted octanol–water partition coefficient (Wildman–Crippen LogP) is 2.23. The van der Waals surface area contributed by atoms with Gasteiger partial charge < -0.3 is 14.4 Å². The zero-order valence-electron chi connectivity index (χ0n) is 11.8. The van der Waals surface area contributed by atoms with Crippen LogP contribution in [0.2, 0.25) is 0 Å². The van der Waals surface area contributed by atoms with E-state index in [1.54, 1.807) is 12.1 Å². The van der Waals surface area contributed by atoms with Crippen molar-refractivity contribution in [3.63, 3.8) is 0 Å². The van der Waals surface area contributed by atoms with Crippen molar-refractivity contribution in [3.8, 4) is 5.75 Å². The number of ether oxygens (including phenoxy) is 2. The van der Waals surface area contributed by atoms with Gasteiger partial charge >= 0.3 is 0 Å². The molecule has 0 N–H and O–H groups in total. The zero-order valence-corrected chi connectivity index (χ0v) is 11.8. The average molecular weight is 281 g/mol. The van der Waals surface area contributed by atoms with Gasteiger partial charge in [0, 0.05) is 13.1 Å². The van der Waals surface area contributed by atoms with Crippen molar-refractivity contribution >= 4 is 5.91 Å². The molecule has 20 heavy (non-hydrogen) atoms. The van der Waals surface area contributed by atoms with Gasteiger partial charge in [0.25, 0.3) is 0 Å². The van der Waals surface area contributed by atoms with Crippen LogP contribution in [0.15, 0.2) is 24.3 Å². The predicted molar refractivity (Wildman–Crippen MR) is 73.1 cm³/mol. The van der Waals surface area contributed by atoms with Gasteiger partial charge in [0.2, 0.25) is 5.91 Å². The molecule has 0 radical (unpaired) electrons. The molecule has 0 aromatic heterocycles. The summed E-state index contributed by atoms with van der Waals surface area (Å²) in [5.41, 5.74) is 0. The lowest BCUT2D eigenvalue weighted by Crippen LogP contribution is -2.48. The van der Waals surface area contributed by atoms with E-state index >= 15 is 0 Å². The first-order valence-corrected chi connectivity index (χ1v) is 6.86. The second-order valence-electron chi connectivity index (χ2n) is 5.11. The van der Waals surface area contributed by atoms with Crippen LogP contribution in [0.5, 0.6) is 5.75 Å². The molecular weight excluding hydrogens is 261 g/mol. The molecule has 0 unspecified atom stereocenters. The number of nitrogens with zero attached hydrogens (tertiary/aromatic N) is 1. The molecule has 1 heterocycles. The van der Waals surface area contributed by atoms with Crippen molar-refractivity contribution < 1.29 is 18.7 Å². The van der Waals surface area contributed by atoms with E-state index in [0.717, 1.165) is 0 Å². The molecule has 1 aromatic rings. The molecule has 1 aliphatic rings. The van der Waals surface area contributed by atoms with E-state index in [1.165, 1.54) is 12.1 Å². The molecule has 0 spiro atoms. The van der Waals surface area contributed by atoms with Crippen LogP contribution in [0, 0.1) is 5.82 Å². The van der Waals surface area contributed by atoms with E-state index in [1.807, 2.05) is 18.7 Å². The lowest BCUT2D eigenvalue weighted by molar-refractivity contribution is -0.143. The van der Waals surface area contributed by atoms with Gasteiger partial charge in [0.15, 0.2) is 0 Å². The second-order valence-corrected chi connectivity index (χ2v) is 5.11. The van der Waals surface area contributed by atoms with Gasteiger partial charge in [0.1, 0.15) is 11.6 Å². The third-order valence-corrected chi connectivity index (χ3v) is 3.17. The van der Waals surface area contributed by atoms with Gasteiger partial charge in [-0.05, 0) is 38.1 Å². The highest BCUT2D eigenvalue weighted by atomic mass is 19.1. The molecule has 0 aliphatic carbocycles. The molecule has 4 nitrogen and oxygen atoms in total. The van der Waals surface area contributed by atoms with Gasteiger partial charge in [0.05, 0.1) is 25.2 Å². The Labute approximate surface area is 118 Å². The fourth-order valence-electron chi connectivity index (χ4n) is 2.33. The molecule has 2 atom stereocenters. The number of carbonyl (C=O) groups is 1. The first kappa shape index (κ1) is 14.8. The highest BCUT2D eigenvalue weighted by Gasteiger charge is 2.25. The van der Waals surface area contributed by atoms with Crippen molar-refractivity contribution in [1.29, 1.82) is 0 Å². The molecule has 0 saturated carbocycles. The molecule has 1 aliphatic heterocycles. The molecule has 1 fully saturated rings. The van der Waals surface area contributed by atoms with Gasteiger partial charge in [-0.15, -0.1) is 0 Å². The van der Waals surface area contributed by atoms with Crippen molar-refractivity contribution in [3.05, 3.63) is 30.1 Å². The van der Waals surface area contributed by atoms with E-state index in [0.29, 0.717) is 31.9 Å². The minimum atomic E-state index is -0.301. The first-order valence-electron chi connectivity index (χ1n) is 6.86. The molecule has 0 bridgehead atoms. The van der Waals surface area contributed by atoms with Gasteiger partial charge in [-0.1, -0.05) is 0 Å². The van der Waals surface area contributed by atoms with Crippen molar-refractivity contribution in [2.24, 2.45) is 0 Å². The number of rotatable bonds is 4. The first-order chi connectivity index (χ1) is 9.54. The lowest BCUT2D eigenvalue weighted by Gasteiger charge is -2.35. The Bertz CT molecular complexity index is 439. The van der Waals surface area contributed by atoms with E-state index in [-0.39, 0.29) is 23.9 Å². The van der Waals surface area contributed by atoms with E-state index in [9.17, 15) is 9.18 Å². The number of hydrogen-bond donors (Lipinski definition) is 0. The summed E-state index contributed by atoms with van der Waals surface area (Å²) in [6.07, 6.45) is 0.457. The van der Waals surface area contributed by atoms with Crippen molar-refractivity contribution in [2.45, 2.75) is 32.5 Å². The Balaban J connectivity index is 1.76. The molecule has 1 aromatic carbocycles. The number of amides is 1. The van der Waals surface area contributed by atoms with Crippen LogP contribution in [0.25, 0.3) is 0 Å². The Hall–Kier alpha value is -1.62. The summed E-state index contributed by atoms with van der Waals surface area (Å²) in [6, 6.07) is 5.78. The van der Waals surface area contributed by atoms with E-state index < -0.39 is 0 Å². The van der Waals surface area contributed by atoms with Crippen LogP contribution in [0.3, 0.4) is 0 Å². The van der Waals surface area contributed by atoms with Gasteiger partial charge in [-0.25, -0.2) is 4.39 Å². The maximum absolute atomic E-state index is 12.7. The summed E-state index contributed by atoms with van der Waals surface area (Å²) >= 11 is 0. The SMILES string of the molecule is C[C@@H]1CN(C(=O)CCOc2ccc(F)cc2)C[C@@H](C)O1. The summed E-state index contributed by atoms with van der Waals surface area (Å²) in [5.74, 6) is 0.335. The van der Waals surface area contributed by atoms with Crippen molar-refractivity contribution in [1.82, 2.24) is 4.90 Å². The molecule has 5 heteroatoms. The fourth-order valence-corrected chi connectivity index (χ4v) is 2.33. The van der Waals surface area contributed by atoms with Crippen LogP contribution in [0.4, 0.5) is 4.39 Å². The van der Waals surface area contributed by atoms with Gasteiger partial charge in [-0.2, -0.15) is 0 Å². The summed E-state index contributed by atoms with van der Waals surface area (Å²) in [6.45, 7) is 5.47. The van der Waals surface area contributed by atoms with Crippen LogP contribution >= 0.6 is 0 Å². The minimum absolute atomic E-state index is 0.0640. The normalized spacial score (nSPS) is 22.6. The van der Waals surface area contributed by atoms with E-state index in [2.05, 4.69) is 0 Å². The Morgan fingerprint density at radius 3 is 2.50 bits per heavy atom. The smallest absolute Gasteiger partial charge is 0.226 e. The maximum atomic E-state index is 12.7. The number of benzene rings is 1. The fraction of sp³-hybridized carbons (Fsp3) is 0.533. The largest absolute Gasteiger partial charge is 0.493 e. The quantitative estimate of drug-likeness (QED) is 0.849. The Kier molecular flexibility index (Phi) is 4.95. The zero-order chi connectivity index (χ0) is 14.5. The standard InChI is InChI=1S/C15H20FNO3/c1-11-9-17(10-12(2)20-11)15(18)7-8-19-14-5-3-13(16)4-6-14/h3-6,11-12H,7-10H2,1-2H3/t11-,12-/m1/s1. The Morgan fingerprint density at radius 2 is 1.90 bits per heavy atom. The summed E-state index contributed by atoms with van der Waals surface area (Å²) in [4.78, 5) is 13.9. The third-order valence-electron chi connectivity index (χ3n) is 3.17. The average Bonchev–Trinajstić information content (AvgIpc) is 2.40. The summed E-state index contributed by atoms with van der Waals surface area (Å²) in [5, 5.41) is 0. The third kappa shape index (κ3) is 4.20. The molecule has 1 saturated heterocycles. The van der Waals surface area contributed by atoms with E-state index in [4.69, 9.17) is 9.47 Å². The number of carbonyl (C=O) groups excluding carboxylic acids is 1. The monoisotopic (exact) mass is 281 g/mol. The maximum Gasteiger partial charge on any atom is 0.226 e. The topological polar surface area (TPSA) is 38.8 Å². The molecule has 2 rings (SSSR count). The van der Waals surface area contributed by atoms with Crippen LogP contribution in [-0.4, -0.2) is 42.7 Å². The molecule has 1 amide bonds. The van der Waals surface area contributed by atoms with Crippen LogP contribution in [0.1, 0.15) is 20.3 Å². The highest BCUT2D eigenvalue weighted by molar-refractivity contribution is 5.76. The summed E-state index contributed by atoms with van der Waals surface area (Å²) in [7, 11) is 0. The number of hydrogen-bond acceptors (Lipinski definition) is 3. The Morgan fingerprint density at radius 1 is 1.30 bits per heavy atom.